The van der Waals surface area contributed by atoms with Crippen molar-refractivity contribution in [1.29, 1.82) is 0 Å². The fraction of sp³-hybridized carbons (Fsp3) is 1.00. The molecule has 1 nitrogen and oxygen atoms in total. The zero-order valence-electron chi connectivity index (χ0n) is 9.18. The number of hydrogen-bond acceptors (Lipinski definition) is 2. The molecule has 0 aromatic carbocycles. The van der Waals surface area contributed by atoms with E-state index >= 15 is 0 Å². The van der Waals surface area contributed by atoms with Gasteiger partial charge in [-0.1, -0.05) is 39.0 Å². The van der Waals surface area contributed by atoms with Gasteiger partial charge in [-0.2, -0.15) is 11.8 Å². The zero-order chi connectivity index (χ0) is 9.78. The Labute approximate surface area is 90.6 Å². The molecule has 0 unspecified atom stereocenters. The molecule has 0 saturated heterocycles. The van der Waals surface area contributed by atoms with Crippen molar-refractivity contribution in [1.82, 2.24) is 0 Å². The molecular weight excluding hydrogens is 196 g/mol. The minimum atomic E-state index is 0.896. The molecule has 0 radical (unpaired) electrons. The molecule has 0 aliphatic carbocycles. The Bertz CT molecular complexity index is 81.0. The average Bonchev–Trinajstić information content (AvgIpc) is 2.16. The van der Waals surface area contributed by atoms with Gasteiger partial charge in [0.2, 0.25) is 0 Å². The molecule has 13 heavy (non-hydrogen) atoms. The van der Waals surface area contributed by atoms with Gasteiger partial charge in [0.15, 0.2) is 0 Å². The second-order valence-electron chi connectivity index (χ2n) is 3.37. The lowest BCUT2D eigenvalue weighted by Crippen LogP contribution is -1.93. The summed E-state index contributed by atoms with van der Waals surface area (Å²) in [6.45, 7) is 3.23. The van der Waals surface area contributed by atoms with Crippen LogP contribution < -0.4 is 0 Å². The van der Waals surface area contributed by atoms with E-state index in [-0.39, 0.29) is 0 Å². The summed E-state index contributed by atoms with van der Waals surface area (Å²) in [4.78, 5) is 0. The highest BCUT2D eigenvalue weighted by Gasteiger charge is 1.90. The first-order valence-corrected chi connectivity index (χ1v) is 7.45. The van der Waals surface area contributed by atoms with E-state index < -0.39 is 0 Å². The molecule has 0 aliphatic rings. The predicted molar refractivity (Wildman–Crippen MR) is 66.6 cm³/mol. The Morgan fingerprint density at radius 2 is 1.69 bits per heavy atom. The molecule has 0 aromatic rings. The van der Waals surface area contributed by atoms with Crippen LogP contribution in [0, 0.1) is 0 Å². The van der Waals surface area contributed by atoms with Crippen LogP contribution in [0.15, 0.2) is 0 Å². The summed E-state index contributed by atoms with van der Waals surface area (Å²) < 4.78 is 5.12. The van der Waals surface area contributed by atoms with E-state index in [1.807, 2.05) is 11.8 Å². The standard InChI is InChI=1S/C10H24OSSi/c1-2-3-4-5-6-7-9-12-10-8-11-13/h2-10H2,1,13H3. The first kappa shape index (κ1) is 13.5. The average molecular weight is 220 g/mol. The topological polar surface area (TPSA) is 9.23 Å². The van der Waals surface area contributed by atoms with E-state index in [0.717, 1.165) is 17.1 Å². The smallest absolute Gasteiger partial charge is 0.146 e. The number of thioether (sulfide) groups is 1. The first-order valence-electron chi connectivity index (χ1n) is 5.48. The third-order valence-electron chi connectivity index (χ3n) is 2.07. The zero-order valence-corrected chi connectivity index (χ0v) is 12.0. The van der Waals surface area contributed by atoms with Gasteiger partial charge in [0, 0.05) is 12.4 Å². The largest absolute Gasteiger partial charge is 0.427 e. The fourth-order valence-electron chi connectivity index (χ4n) is 1.23. The van der Waals surface area contributed by atoms with E-state index in [2.05, 4.69) is 6.92 Å². The van der Waals surface area contributed by atoms with E-state index in [1.54, 1.807) is 0 Å². The molecular formula is C10H24OSSi. The van der Waals surface area contributed by atoms with Crippen LogP contribution >= 0.6 is 11.8 Å². The van der Waals surface area contributed by atoms with Crippen molar-refractivity contribution in [2.24, 2.45) is 0 Å². The highest BCUT2D eigenvalue weighted by Crippen LogP contribution is 2.09. The lowest BCUT2D eigenvalue weighted by molar-refractivity contribution is 0.380. The lowest BCUT2D eigenvalue weighted by atomic mass is 10.1. The van der Waals surface area contributed by atoms with E-state index in [1.165, 1.54) is 50.0 Å². The van der Waals surface area contributed by atoms with E-state index in [0.29, 0.717) is 0 Å². The maximum Gasteiger partial charge on any atom is 0.146 e. The molecule has 0 bridgehead atoms. The van der Waals surface area contributed by atoms with Crippen molar-refractivity contribution >= 4 is 22.2 Å². The van der Waals surface area contributed by atoms with Gasteiger partial charge < -0.3 is 4.43 Å². The number of unbranched alkanes of at least 4 members (excludes halogenated alkanes) is 5. The van der Waals surface area contributed by atoms with Crippen LogP contribution in [0.25, 0.3) is 0 Å². The molecule has 0 aliphatic heterocycles. The summed E-state index contributed by atoms with van der Waals surface area (Å²) >= 11 is 2.04. The van der Waals surface area contributed by atoms with Gasteiger partial charge in [0.25, 0.3) is 0 Å². The maximum absolute atomic E-state index is 5.12. The second kappa shape index (κ2) is 12.5. The van der Waals surface area contributed by atoms with Crippen molar-refractivity contribution in [3.63, 3.8) is 0 Å². The van der Waals surface area contributed by atoms with Gasteiger partial charge in [-0.15, -0.1) is 0 Å². The normalized spacial score (nSPS) is 10.8. The summed E-state index contributed by atoms with van der Waals surface area (Å²) in [6.07, 6.45) is 8.47. The Hall–Kier alpha value is 0.527. The van der Waals surface area contributed by atoms with E-state index in [4.69, 9.17) is 4.43 Å². The molecule has 0 saturated carbocycles. The summed E-state index contributed by atoms with van der Waals surface area (Å²) in [5, 5.41) is 0. The first-order chi connectivity index (χ1) is 6.41. The van der Waals surface area contributed by atoms with Crippen LogP contribution in [-0.4, -0.2) is 28.6 Å². The highest BCUT2D eigenvalue weighted by molar-refractivity contribution is 7.99. The SMILES string of the molecule is CCCCCCCCSCCO[SiH3]. The quantitative estimate of drug-likeness (QED) is 0.413. The van der Waals surface area contributed by atoms with Crippen molar-refractivity contribution < 1.29 is 4.43 Å². The van der Waals surface area contributed by atoms with Crippen LogP contribution in [0.1, 0.15) is 45.4 Å². The Morgan fingerprint density at radius 1 is 1.00 bits per heavy atom. The van der Waals surface area contributed by atoms with Crippen molar-refractivity contribution in [3.8, 4) is 0 Å². The van der Waals surface area contributed by atoms with Crippen molar-refractivity contribution in [3.05, 3.63) is 0 Å². The number of rotatable bonds is 10. The van der Waals surface area contributed by atoms with Crippen molar-refractivity contribution in [2.75, 3.05) is 18.1 Å². The molecule has 3 heteroatoms. The lowest BCUT2D eigenvalue weighted by Gasteiger charge is -2.01. The Balaban J connectivity index is 2.76. The molecule has 0 fully saturated rings. The summed E-state index contributed by atoms with van der Waals surface area (Å²) in [5.41, 5.74) is 0. The minimum absolute atomic E-state index is 0.896. The molecule has 0 amide bonds. The van der Waals surface area contributed by atoms with Crippen LogP contribution in [0.4, 0.5) is 0 Å². The van der Waals surface area contributed by atoms with Crippen LogP contribution in [0.5, 0.6) is 0 Å². The Morgan fingerprint density at radius 3 is 2.38 bits per heavy atom. The minimum Gasteiger partial charge on any atom is -0.427 e. The summed E-state index contributed by atoms with van der Waals surface area (Å²) in [5.74, 6) is 2.52. The molecule has 0 heterocycles. The number of hydrogen-bond donors (Lipinski definition) is 0. The van der Waals surface area contributed by atoms with Crippen molar-refractivity contribution in [2.45, 2.75) is 45.4 Å². The highest BCUT2D eigenvalue weighted by atomic mass is 32.2. The van der Waals surface area contributed by atoms with Crippen LogP contribution in [0.2, 0.25) is 0 Å². The fourth-order valence-corrected chi connectivity index (χ4v) is 2.63. The van der Waals surface area contributed by atoms with Gasteiger partial charge in [0.05, 0.1) is 0 Å². The monoisotopic (exact) mass is 220 g/mol. The van der Waals surface area contributed by atoms with Gasteiger partial charge in [0.1, 0.15) is 10.5 Å². The second-order valence-corrected chi connectivity index (χ2v) is 5.18. The third-order valence-corrected chi connectivity index (χ3v) is 3.51. The molecule has 0 N–H and O–H groups in total. The maximum atomic E-state index is 5.12. The van der Waals surface area contributed by atoms with Crippen LogP contribution in [-0.2, 0) is 4.43 Å². The molecule has 0 rings (SSSR count). The van der Waals surface area contributed by atoms with Gasteiger partial charge >= 0.3 is 0 Å². The Kier molecular flexibility index (Phi) is 13.0. The third kappa shape index (κ3) is 12.5. The molecule has 0 aromatic heterocycles. The van der Waals surface area contributed by atoms with Gasteiger partial charge in [-0.3, -0.25) is 0 Å². The summed E-state index contributed by atoms with van der Waals surface area (Å²) in [6, 6.07) is 0. The van der Waals surface area contributed by atoms with Gasteiger partial charge in [-0.25, -0.2) is 0 Å². The van der Waals surface area contributed by atoms with Gasteiger partial charge in [-0.05, 0) is 12.2 Å². The predicted octanol–water partition coefficient (Wildman–Crippen LogP) is 2.38. The summed E-state index contributed by atoms with van der Waals surface area (Å²) in [7, 11) is 0.896. The van der Waals surface area contributed by atoms with E-state index in [9.17, 15) is 0 Å². The molecule has 80 valence electrons. The van der Waals surface area contributed by atoms with Crippen LogP contribution in [0.3, 0.4) is 0 Å². The molecule has 0 atom stereocenters. The molecule has 0 spiro atoms.